The third-order valence-corrected chi connectivity index (χ3v) is 12.8. The molecular weight excluding hydrogens is 717 g/mol. The van der Waals surface area contributed by atoms with Crippen molar-refractivity contribution in [1.29, 1.82) is 0 Å². The lowest BCUT2D eigenvalue weighted by Crippen LogP contribution is -2.33. The van der Waals surface area contributed by atoms with E-state index in [1.165, 1.54) is 69.8 Å². The van der Waals surface area contributed by atoms with Crippen LogP contribution in [0.2, 0.25) is 0 Å². The van der Waals surface area contributed by atoms with Crippen LogP contribution < -0.4 is 5.32 Å². The fraction of sp³-hybridized carbons (Fsp3) is 0.0588. The maximum atomic E-state index is 6.72. The predicted octanol–water partition coefficient (Wildman–Crippen LogP) is 13.0. The summed E-state index contributed by atoms with van der Waals surface area (Å²) in [7, 11) is 0. The molecule has 1 atom stereocenters. The quantitative estimate of drug-likeness (QED) is 0.190. The van der Waals surface area contributed by atoms with Crippen molar-refractivity contribution in [2.75, 3.05) is 0 Å². The van der Waals surface area contributed by atoms with Crippen LogP contribution in [0.25, 0.3) is 75.8 Å². The van der Waals surface area contributed by atoms with E-state index in [0.29, 0.717) is 0 Å². The van der Waals surface area contributed by atoms with E-state index in [1.54, 1.807) is 0 Å². The molecule has 57 heavy (non-hydrogen) atoms. The van der Waals surface area contributed by atoms with E-state index >= 15 is 0 Å². The number of allylic oxidation sites excluding steroid dienone is 1. The van der Waals surface area contributed by atoms with Crippen LogP contribution in [0, 0.1) is 0 Å². The van der Waals surface area contributed by atoms with Gasteiger partial charge in [-0.05, 0) is 60.4 Å². The zero-order valence-electron chi connectivity index (χ0n) is 30.8. The number of rotatable bonds is 5. The lowest BCUT2D eigenvalue weighted by molar-refractivity contribution is 0.595. The number of aliphatic imine (C=N–C) groups is 2. The van der Waals surface area contributed by atoms with Gasteiger partial charge < -0.3 is 14.3 Å². The molecule has 1 aliphatic heterocycles. The van der Waals surface area contributed by atoms with Gasteiger partial charge in [0.05, 0.1) is 11.0 Å². The number of nitrogens with one attached hydrogen (secondary N) is 1. The molecule has 4 heterocycles. The molecule has 0 saturated heterocycles. The van der Waals surface area contributed by atoms with Crippen molar-refractivity contribution in [2.45, 2.75) is 19.0 Å². The van der Waals surface area contributed by atoms with Gasteiger partial charge in [0.1, 0.15) is 23.3 Å². The molecule has 2 aliphatic rings. The summed E-state index contributed by atoms with van der Waals surface area (Å²) in [6.45, 7) is 0. The van der Waals surface area contributed by atoms with Gasteiger partial charge in [-0.3, -0.25) is 0 Å². The van der Waals surface area contributed by atoms with Crippen molar-refractivity contribution in [2.24, 2.45) is 9.98 Å². The summed E-state index contributed by atoms with van der Waals surface area (Å²) in [5, 5.41) is 9.89. The zero-order valence-corrected chi connectivity index (χ0v) is 31.6. The van der Waals surface area contributed by atoms with Crippen LogP contribution in [0.1, 0.15) is 40.6 Å². The molecule has 1 N–H and O–H groups in total. The number of thiophene rings is 1. The van der Waals surface area contributed by atoms with E-state index in [9.17, 15) is 0 Å². The van der Waals surface area contributed by atoms with Gasteiger partial charge in [-0.2, -0.15) is 0 Å². The van der Waals surface area contributed by atoms with E-state index in [1.807, 2.05) is 35.6 Å². The molecule has 7 aromatic carbocycles. The first-order valence-corrected chi connectivity index (χ1v) is 20.3. The Balaban J connectivity index is 0.965. The maximum Gasteiger partial charge on any atom is 0.159 e. The van der Waals surface area contributed by atoms with E-state index in [2.05, 4.69) is 155 Å². The molecule has 0 saturated carbocycles. The minimum absolute atomic E-state index is 0.246. The number of aryl methyl sites for hydroxylation is 1. The molecule has 1 aliphatic carbocycles. The van der Waals surface area contributed by atoms with Crippen LogP contribution in [0.5, 0.6) is 0 Å². The summed E-state index contributed by atoms with van der Waals surface area (Å²) in [6.07, 6.45) is 3.87. The van der Waals surface area contributed by atoms with Crippen molar-refractivity contribution < 1.29 is 4.42 Å². The first kappa shape index (κ1) is 32.2. The highest BCUT2D eigenvalue weighted by atomic mass is 32.1. The smallest absolute Gasteiger partial charge is 0.159 e. The molecule has 6 heteroatoms. The van der Waals surface area contributed by atoms with Crippen LogP contribution in [0.4, 0.5) is 0 Å². The Morgan fingerprint density at radius 1 is 0.614 bits per heavy atom. The lowest BCUT2D eigenvalue weighted by Gasteiger charge is -2.23. The molecule has 0 spiro atoms. The minimum Gasteiger partial charge on any atom is -0.456 e. The molecule has 5 nitrogen and oxygen atoms in total. The molecule has 12 rings (SSSR count). The van der Waals surface area contributed by atoms with Crippen LogP contribution in [0.15, 0.2) is 178 Å². The number of furan rings is 1. The Bertz CT molecular complexity index is 3270. The Kier molecular flexibility index (Phi) is 7.22. The molecule has 0 radical (unpaired) electrons. The first-order valence-electron chi connectivity index (χ1n) is 19.5. The molecule has 0 fully saturated rings. The predicted molar refractivity (Wildman–Crippen MR) is 238 cm³/mol. The van der Waals surface area contributed by atoms with Gasteiger partial charge in [-0.1, -0.05) is 127 Å². The fourth-order valence-electron chi connectivity index (χ4n) is 8.98. The molecule has 1 unspecified atom stereocenters. The third-order valence-electron chi connectivity index (χ3n) is 11.6. The lowest BCUT2D eigenvalue weighted by atomic mass is 9.92. The van der Waals surface area contributed by atoms with Gasteiger partial charge in [0.15, 0.2) is 5.84 Å². The number of aromatic nitrogens is 1. The van der Waals surface area contributed by atoms with Crippen molar-refractivity contribution in [3.05, 3.63) is 192 Å². The summed E-state index contributed by atoms with van der Waals surface area (Å²) in [5.74, 6) is 2.50. The average molecular weight is 751 g/mol. The number of amidine groups is 2. The van der Waals surface area contributed by atoms with E-state index < -0.39 is 0 Å². The number of para-hydroxylation sites is 2. The average Bonchev–Trinajstić information content (AvgIpc) is 3.96. The SMILES string of the molecule is C1=C(n2c3ccccc3c3ccccc32)CCc2c1oc1cccc(-c3cccc4c3sc3ccc(C5=NC(c6ccccc6)=NC(c6ccccc6)N5)cc34)c21. The van der Waals surface area contributed by atoms with Gasteiger partial charge in [0.25, 0.3) is 0 Å². The highest BCUT2D eigenvalue weighted by Crippen LogP contribution is 2.46. The molecule has 0 bridgehead atoms. The first-order chi connectivity index (χ1) is 28.2. The fourth-order valence-corrected chi connectivity index (χ4v) is 10.2. The Labute approximate surface area is 332 Å². The Morgan fingerprint density at radius 2 is 1.32 bits per heavy atom. The van der Waals surface area contributed by atoms with E-state index in [0.717, 1.165) is 52.5 Å². The van der Waals surface area contributed by atoms with Gasteiger partial charge >= 0.3 is 0 Å². The molecular formula is C51H34N4OS. The number of fused-ring (bicyclic) bond motifs is 9. The van der Waals surface area contributed by atoms with Crippen LogP contribution in [0.3, 0.4) is 0 Å². The molecule has 3 aromatic heterocycles. The second kappa shape index (κ2) is 12.8. The summed E-state index contributed by atoms with van der Waals surface area (Å²) in [6, 6.07) is 58.0. The number of benzene rings is 7. The number of hydrogen-bond donors (Lipinski definition) is 1. The molecule has 270 valence electrons. The Hall–Kier alpha value is -7.02. The van der Waals surface area contributed by atoms with Crippen LogP contribution >= 0.6 is 11.3 Å². The molecule has 0 amide bonds. The van der Waals surface area contributed by atoms with Crippen LogP contribution in [-0.4, -0.2) is 16.2 Å². The largest absolute Gasteiger partial charge is 0.456 e. The standard InChI is InChI=1S/C51H34N4OS/c1-3-13-31(14-4-1)49-52-50(32-15-5-2-6-16-32)54-51(53-49)33-25-28-46-41(29-33)39-21-11-20-38(48(39)57-46)37-19-12-24-44-47(37)40-27-26-34(30-45(40)56-44)55-42-22-9-7-17-35(42)36-18-8-10-23-43(36)55/h1-25,28-30,49H,26-27H2,(H,52,53,54). The monoisotopic (exact) mass is 750 g/mol. The maximum absolute atomic E-state index is 6.72. The topological polar surface area (TPSA) is 54.8 Å². The summed E-state index contributed by atoms with van der Waals surface area (Å²) < 4.78 is 11.7. The van der Waals surface area contributed by atoms with Gasteiger partial charge in [0, 0.05) is 70.4 Å². The third kappa shape index (κ3) is 5.14. The summed E-state index contributed by atoms with van der Waals surface area (Å²) in [5.41, 5.74) is 11.5. The molecule has 10 aromatic rings. The van der Waals surface area contributed by atoms with Gasteiger partial charge in [-0.15, -0.1) is 11.3 Å². The van der Waals surface area contributed by atoms with Crippen molar-refractivity contribution >= 4 is 87.7 Å². The normalized spacial score (nSPS) is 15.5. The highest BCUT2D eigenvalue weighted by molar-refractivity contribution is 7.26. The van der Waals surface area contributed by atoms with Crippen molar-refractivity contribution in [1.82, 2.24) is 9.88 Å². The second-order valence-electron chi connectivity index (χ2n) is 14.9. The van der Waals surface area contributed by atoms with Crippen molar-refractivity contribution in [3.8, 4) is 11.1 Å². The van der Waals surface area contributed by atoms with Crippen molar-refractivity contribution in [3.63, 3.8) is 0 Å². The van der Waals surface area contributed by atoms with Gasteiger partial charge in [0.2, 0.25) is 0 Å². The van der Waals surface area contributed by atoms with Gasteiger partial charge in [-0.25, -0.2) is 9.98 Å². The van der Waals surface area contributed by atoms with Crippen LogP contribution in [-0.2, 0) is 6.42 Å². The zero-order chi connectivity index (χ0) is 37.5. The van der Waals surface area contributed by atoms with E-state index in [4.69, 9.17) is 14.4 Å². The second-order valence-corrected chi connectivity index (χ2v) is 15.9. The highest BCUT2D eigenvalue weighted by Gasteiger charge is 2.25. The summed E-state index contributed by atoms with van der Waals surface area (Å²) >= 11 is 1.85. The Morgan fingerprint density at radius 3 is 2.12 bits per heavy atom. The number of hydrogen-bond acceptors (Lipinski definition) is 5. The number of nitrogens with zero attached hydrogens (tertiary/aromatic N) is 3. The summed E-state index contributed by atoms with van der Waals surface area (Å²) in [4.78, 5) is 10.1. The minimum atomic E-state index is -0.246. The van der Waals surface area contributed by atoms with E-state index in [-0.39, 0.29) is 6.17 Å².